The van der Waals surface area contributed by atoms with Gasteiger partial charge >= 0.3 is 0 Å². The first-order chi connectivity index (χ1) is 9.94. The van der Waals surface area contributed by atoms with Gasteiger partial charge in [0.2, 0.25) is 0 Å². The van der Waals surface area contributed by atoms with Crippen molar-refractivity contribution in [3.63, 3.8) is 0 Å². The minimum Gasteiger partial charge on any atom is -0.479 e. The van der Waals surface area contributed by atoms with Gasteiger partial charge in [0.15, 0.2) is 6.61 Å². The van der Waals surface area contributed by atoms with Crippen LogP contribution >= 0.6 is 0 Å². The maximum Gasteiger partial charge on any atom is 0.265 e. The van der Waals surface area contributed by atoms with Crippen LogP contribution in [0, 0.1) is 25.2 Å². The van der Waals surface area contributed by atoms with E-state index in [9.17, 15) is 8.42 Å². The molecule has 0 saturated heterocycles. The average molecular weight is 306 g/mol. The number of nitriles is 1. The highest BCUT2D eigenvalue weighted by atomic mass is 32.2. The molecule has 0 aliphatic heterocycles. The van der Waals surface area contributed by atoms with E-state index in [-0.39, 0.29) is 11.5 Å². The largest absolute Gasteiger partial charge is 0.479 e. The maximum absolute atomic E-state index is 12.4. The topological polar surface area (TPSA) is 108 Å². The molecule has 110 valence electrons. The zero-order valence-corrected chi connectivity index (χ0v) is 12.4. The molecule has 0 bridgehead atoms. The highest BCUT2D eigenvalue weighted by molar-refractivity contribution is 7.92. The number of sulfonamides is 1. The van der Waals surface area contributed by atoms with E-state index in [0.717, 1.165) is 0 Å². The molecular formula is C13H14N4O3S. The van der Waals surface area contributed by atoms with Crippen LogP contribution in [0.25, 0.3) is 0 Å². The van der Waals surface area contributed by atoms with Gasteiger partial charge in [0.25, 0.3) is 10.0 Å². The summed E-state index contributed by atoms with van der Waals surface area (Å²) in [4.78, 5) is 0.130. The molecule has 8 heteroatoms. The molecule has 0 amide bonds. The number of ether oxygens (including phenoxy) is 1. The first-order valence-corrected chi connectivity index (χ1v) is 7.56. The Labute approximate surface area is 122 Å². The Kier molecular flexibility index (Phi) is 4.14. The predicted molar refractivity (Wildman–Crippen MR) is 76.4 cm³/mol. The minimum atomic E-state index is -3.73. The first kappa shape index (κ1) is 14.9. The molecule has 7 nitrogen and oxygen atoms in total. The number of rotatable bonds is 5. The Morgan fingerprint density at radius 3 is 2.81 bits per heavy atom. The Balaban J connectivity index is 2.27. The lowest BCUT2D eigenvalue weighted by molar-refractivity contribution is 0.368. The van der Waals surface area contributed by atoms with Crippen molar-refractivity contribution >= 4 is 15.7 Å². The third-order valence-electron chi connectivity index (χ3n) is 2.72. The summed E-state index contributed by atoms with van der Waals surface area (Å²) in [6.45, 7) is 3.15. The molecule has 1 heterocycles. The van der Waals surface area contributed by atoms with E-state index < -0.39 is 10.0 Å². The van der Waals surface area contributed by atoms with Crippen LogP contribution in [0.1, 0.15) is 11.4 Å². The second-order valence-electron chi connectivity index (χ2n) is 4.34. The smallest absolute Gasteiger partial charge is 0.265 e. The van der Waals surface area contributed by atoms with Gasteiger partial charge in [-0.25, -0.2) is 8.42 Å². The lowest BCUT2D eigenvalue weighted by Crippen LogP contribution is -2.14. The second-order valence-corrected chi connectivity index (χ2v) is 5.96. The number of hydrogen-bond acceptors (Lipinski definition) is 5. The van der Waals surface area contributed by atoms with Crippen molar-refractivity contribution in [2.75, 3.05) is 11.3 Å². The van der Waals surface area contributed by atoms with Gasteiger partial charge in [-0.3, -0.25) is 9.82 Å². The van der Waals surface area contributed by atoms with E-state index in [4.69, 9.17) is 10.00 Å². The zero-order valence-electron chi connectivity index (χ0n) is 11.5. The van der Waals surface area contributed by atoms with Gasteiger partial charge in [0, 0.05) is 6.07 Å². The third kappa shape index (κ3) is 3.32. The molecule has 1 aromatic carbocycles. The monoisotopic (exact) mass is 306 g/mol. The summed E-state index contributed by atoms with van der Waals surface area (Å²) in [6, 6.07) is 8.24. The lowest BCUT2D eigenvalue weighted by atomic mass is 10.3. The summed E-state index contributed by atoms with van der Waals surface area (Å²) in [6.07, 6.45) is 0. The van der Waals surface area contributed by atoms with E-state index in [0.29, 0.717) is 22.8 Å². The van der Waals surface area contributed by atoms with Gasteiger partial charge in [-0.15, -0.1) is 0 Å². The summed E-state index contributed by atoms with van der Waals surface area (Å²) in [7, 11) is -3.73. The van der Waals surface area contributed by atoms with Crippen LogP contribution in [-0.4, -0.2) is 25.2 Å². The van der Waals surface area contributed by atoms with E-state index in [1.807, 2.05) is 6.07 Å². The Morgan fingerprint density at radius 1 is 1.43 bits per heavy atom. The van der Waals surface area contributed by atoms with Crippen LogP contribution in [0.5, 0.6) is 5.75 Å². The summed E-state index contributed by atoms with van der Waals surface area (Å²) in [5.74, 6) is 0.414. The normalized spacial score (nSPS) is 10.9. The quantitative estimate of drug-likeness (QED) is 0.874. The van der Waals surface area contributed by atoms with E-state index >= 15 is 0 Å². The number of aromatic nitrogens is 2. The van der Waals surface area contributed by atoms with Crippen LogP contribution in [0.3, 0.4) is 0 Å². The highest BCUT2D eigenvalue weighted by Gasteiger charge is 2.22. The Hall–Kier alpha value is -2.53. The fraction of sp³-hybridized carbons (Fsp3) is 0.231. The van der Waals surface area contributed by atoms with Crippen molar-refractivity contribution in [2.45, 2.75) is 18.7 Å². The fourth-order valence-corrected chi connectivity index (χ4v) is 3.33. The molecule has 0 spiro atoms. The van der Waals surface area contributed by atoms with Crippen LogP contribution in [0.2, 0.25) is 0 Å². The van der Waals surface area contributed by atoms with Gasteiger partial charge in [-0.2, -0.15) is 10.4 Å². The van der Waals surface area contributed by atoms with Crippen molar-refractivity contribution in [1.82, 2.24) is 10.2 Å². The SMILES string of the molecule is Cc1n[nH]c(C)c1S(=O)(=O)Nc1cccc(OCC#N)c1. The maximum atomic E-state index is 12.4. The van der Waals surface area contributed by atoms with Crippen LogP contribution in [0.15, 0.2) is 29.2 Å². The first-order valence-electron chi connectivity index (χ1n) is 6.08. The molecule has 0 radical (unpaired) electrons. The second kappa shape index (κ2) is 5.85. The number of nitrogens with zero attached hydrogens (tertiary/aromatic N) is 2. The number of aryl methyl sites for hydroxylation is 2. The molecule has 1 aromatic heterocycles. The fourth-order valence-electron chi connectivity index (χ4n) is 1.91. The van der Waals surface area contributed by atoms with Crippen LogP contribution in [0.4, 0.5) is 5.69 Å². The Morgan fingerprint density at radius 2 is 2.19 bits per heavy atom. The predicted octanol–water partition coefficient (Wildman–Crippen LogP) is 1.73. The molecule has 2 aromatic rings. The summed E-state index contributed by atoms with van der Waals surface area (Å²) in [5.41, 5.74) is 1.22. The molecule has 2 N–H and O–H groups in total. The number of benzene rings is 1. The van der Waals surface area contributed by atoms with Crippen molar-refractivity contribution in [3.8, 4) is 11.8 Å². The Bertz CT molecular complexity index is 770. The zero-order chi connectivity index (χ0) is 15.5. The molecular weight excluding hydrogens is 292 g/mol. The minimum absolute atomic E-state index is 0.101. The van der Waals surface area contributed by atoms with E-state index in [1.165, 1.54) is 6.07 Å². The van der Waals surface area contributed by atoms with Gasteiger partial charge in [0.1, 0.15) is 16.7 Å². The molecule has 0 aliphatic carbocycles. The van der Waals surface area contributed by atoms with Crippen LogP contribution in [-0.2, 0) is 10.0 Å². The van der Waals surface area contributed by atoms with E-state index in [2.05, 4.69) is 14.9 Å². The van der Waals surface area contributed by atoms with Gasteiger partial charge < -0.3 is 4.74 Å². The molecule has 0 aliphatic rings. The number of nitrogens with one attached hydrogen (secondary N) is 2. The summed E-state index contributed by atoms with van der Waals surface area (Å²) >= 11 is 0. The molecule has 0 atom stereocenters. The molecule has 0 unspecified atom stereocenters. The number of anilines is 1. The number of H-pyrrole nitrogens is 1. The summed E-state index contributed by atoms with van der Waals surface area (Å²) in [5, 5.41) is 15.0. The van der Waals surface area contributed by atoms with Gasteiger partial charge in [-0.1, -0.05) is 6.07 Å². The van der Waals surface area contributed by atoms with Crippen molar-refractivity contribution in [3.05, 3.63) is 35.7 Å². The molecule has 21 heavy (non-hydrogen) atoms. The third-order valence-corrected chi connectivity index (χ3v) is 4.36. The highest BCUT2D eigenvalue weighted by Crippen LogP contribution is 2.23. The summed E-state index contributed by atoms with van der Waals surface area (Å²) < 4.78 is 32.3. The molecule has 2 rings (SSSR count). The van der Waals surface area contributed by atoms with Crippen molar-refractivity contribution < 1.29 is 13.2 Å². The average Bonchev–Trinajstić information content (AvgIpc) is 2.76. The van der Waals surface area contributed by atoms with Crippen molar-refractivity contribution in [1.29, 1.82) is 5.26 Å². The lowest BCUT2D eigenvalue weighted by Gasteiger charge is -2.09. The van der Waals surface area contributed by atoms with Gasteiger partial charge in [0.05, 0.1) is 17.1 Å². The molecule has 0 saturated carbocycles. The van der Waals surface area contributed by atoms with E-state index in [1.54, 1.807) is 32.0 Å². The van der Waals surface area contributed by atoms with Gasteiger partial charge in [-0.05, 0) is 26.0 Å². The number of aromatic amines is 1. The van der Waals surface area contributed by atoms with Crippen molar-refractivity contribution in [2.24, 2.45) is 0 Å². The standard InChI is InChI=1S/C13H14N4O3S/c1-9-13(10(2)16-15-9)21(18,19)17-11-4-3-5-12(8-11)20-7-6-14/h3-5,8,17H,7H2,1-2H3,(H,15,16). The number of hydrogen-bond donors (Lipinski definition) is 2. The van der Waals surface area contributed by atoms with Crippen LogP contribution < -0.4 is 9.46 Å². The molecule has 0 fully saturated rings.